The molecule has 0 radical (unpaired) electrons. The molecule has 114 valence electrons. The molecule has 2 aromatic rings. The second-order valence-electron chi connectivity index (χ2n) is 4.56. The number of nitrogens with zero attached hydrogens (tertiary/aromatic N) is 2. The van der Waals surface area contributed by atoms with Gasteiger partial charge < -0.3 is 10.6 Å². The van der Waals surface area contributed by atoms with E-state index in [0.29, 0.717) is 30.9 Å². The minimum Gasteiger partial charge on any atom is -0.366 e. The summed E-state index contributed by atoms with van der Waals surface area (Å²) in [5.74, 6) is -0.0377. The minimum atomic E-state index is -0.319. The van der Waals surface area contributed by atoms with Gasteiger partial charge in [-0.05, 0) is 18.1 Å². The molecular weight excluding hydrogens is 283 g/mol. The molecule has 0 atom stereocenters. The van der Waals surface area contributed by atoms with E-state index < -0.39 is 0 Å². The molecule has 0 aliphatic heterocycles. The van der Waals surface area contributed by atoms with Crippen LogP contribution in [0.25, 0.3) is 0 Å². The first-order valence-electron chi connectivity index (χ1n) is 6.89. The van der Waals surface area contributed by atoms with E-state index in [9.17, 15) is 9.18 Å². The molecule has 0 unspecified atom stereocenters. The molecule has 0 aliphatic rings. The Balaban J connectivity index is 1.89. The number of nitrogens with one attached hydrogen (secondary N) is 2. The summed E-state index contributed by atoms with van der Waals surface area (Å²) >= 11 is 0. The first kappa shape index (κ1) is 15.6. The van der Waals surface area contributed by atoms with Crippen LogP contribution in [0.3, 0.4) is 0 Å². The number of carbonyl (C=O) groups is 1. The molecule has 1 amide bonds. The van der Waals surface area contributed by atoms with Crippen LogP contribution in [0.5, 0.6) is 0 Å². The number of benzene rings is 1. The number of hydrogen-bond acceptors (Lipinski definition) is 4. The molecule has 6 heteroatoms. The standard InChI is InChI=1S/C16H17FN4O/c1-2-8-18-15-10-14(20-11-21-15)16(22)19-9-7-12-5-3-4-6-13(12)17/h2-6,10-11H,1,7-9H2,(H,19,22)(H,18,20,21). The zero-order chi connectivity index (χ0) is 15.8. The van der Waals surface area contributed by atoms with Crippen molar-refractivity contribution in [3.8, 4) is 0 Å². The molecule has 1 heterocycles. The lowest BCUT2D eigenvalue weighted by molar-refractivity contribution is 0.0949. The maximum absolute atomic E-state index is 13.5. The molecule has 0 bridgehead atoms. The zero-order valence-electron chi connectivity index (χ0n) is 12.1. The summed E-state index contributed by atoms with van der Waals surface area (Å²) < 4.78 is 13.5. The molecule has 5 nitrogen and oxygen atoms in total. The molecule has 0 saturated carbocycles. The van der Waals surface area contributed by atoms with E-state index in [2.05, 4.69) is 27.2 Å². The predicted molar refractivity (Wildman–Crippen MR) is 83.2 cm³/mol. The van der Waals surface area contributed by atoms with Crippen LogP contribution in [0, 0.1) is 5.82 Å². The van der Waals surface area contributed by atoms with E-state index in [0.717, 1.165) is 0 Å². The molecule has 0 fully saturated rings. The quantitative estimate of drug-likeness (QED) is 0.769. The van der Waals surface area contributed by atoms with Crippen LogP contribution in [0.4, 0.5) is 10.2 Å². The van der Waals surface area contributed by atoms with E-state index in [1.165, 1.54) is 12.4 Å². The van der Waals surface area contributed by atoms with Crippen molar-refractivity contribution in [3.05, 3.63) is 66.4 Å². The van der Waals surface area contributed by atoms with Gasteiger partial charge in [-0.25, -0.2) is 14.4 Å². The van der Waals surface area contributed by atoms with E-state index in [1.54, 1.807) is 30.3 Å². The van der Waals surface area contributed by atoms with Crippen LogP contribution < -0.4 is 10.6 Å². The maximum Gasteiger partial charge on any atom is 0.270 e. The summed E-state index contributed by atoms with van der Waals surface area (Å²) in [6, 6.07) is 8.06. The van der Waals surface area contributed by atoms with Crippen molar-refractivity contribution < 1.29 is 9.18 Å². The van der Waals surface area contributed by atoms with Crippen molar-refractivity contribution in [3.63, 3.8) is 0 Å². The van der Waals surface area contributed by atoms with Gasteiger partial charge >= 0.3 is 0 Å². The van der Waals surface area contributed by atoms with Gasteiger partial charge in [0, 0.05) is 19.2 Å². The molecule has 0 aliphatic carbocycles. The van der Waals surface area contributed by atoms with Gasteiger partial charge in [0.2, 0.25) is 0 Å². The SMILES string of the molecule is C=CCNc1cc(C(=O)NCCc2ccccc2F)ncn1. The summed E-state index contributed by atoms with van der Waals surface area (Å²) in [5, 5.41) is 5.69. The van der Waals surface area contributed by atoms with Crippen molar-refractivity contribution in [2.75, 3.05) is 18.4 Å². The lowest BCUT2D eigenvalue weighted by Gasteiger charge is -2.07. The Labute approximate surface area is 128 Å². The maximum atomic E-state index is 13.5. The van der Waals surface area contributed by atoms with Gasteiger partial charge in [-0.1, -0.05) is 24.3 Å². The Kier molecular flexibility index (Phi) is 5.59. The van der Waals surface area contributed by atoms with E-state index in [4.69, 9.17) is 0 Å². The van der Waals surface area contributed by atoms with Crippen molar-refractivity contribution in [1.82, 2.24) is 15.3 Å². The highest BCUT2D eigenvalue weighted by molar-refractivity contribution is 5.92. The van der Waals surface area contributed by atoms with Crippen LogP contribution in [0.2, 0.25) is 0 Å². The Morgan fingerprint density at radius 3 is 2.91 bits per heavy atom. The van der Waals surface area contributed by atoms with Gasteiger partial charge in [-0.3, -0.25) is 4.79 Å². The Hall–Kier alpha value is -2.76. The summed E-state index contributed by atoms with van der Waals surface area (Å²) in [6.45, 7) is 4.47. The number of hydrogen-bond donors (Lipinski definition) is 2. The third kappa shape index (κ3) is 4.37. The molecule has 1 aromatic carbocycles. The molecule has 2 N–H and O–H groups in total. The lowest BCUT2D eigenvalue weighted by Crippen LogP contribution is -2.27. The van der Waals surface area contributed by atoms with Gasteiger partial charge in [0.05, 0.1) is 0 Å². The zero-order valence-corrected chi connectivity index (χ0v) is 12.1. The van der Waals surface area contributed by atoms with Crippen LogP contribution in [-0.4, -0.2) is 29.0 Å². The summed E-state index contributed by atoms with van der Waals surface area (Å²) in [6.07, 6.45) is 3.43. The molecule has 1 aromatic heterocycles. The van der Waals surface area contributed by atoms with E-state index in [-0.39, 0.29) is 17.4 Å². The Bertz CT molecular complexity index is 660. The Morgan fingerprint density at radius 1 is 1.32 bits per heavy atom. The van der Waals surface area contributed by atoms with Gasteiger partial charge in [-0.15, -0.1) is 6.58 Å². The number of halogens is 1. The van der Waals surface area contributed by atoms with Crippen molar-refractivity contribution in [2.45, 2.75) is 6.42 Å². The van der Waals surface area contributed by atoms with Crippen LogP contribution in [0.1, 0.15) is 16.1 Å². The van der Waals surface area contributed by atoms with Gasteiger partial charge in [0.25, 0.3) is 5.91 Å². The summed E-state index contributed by atoms with van der Waals surface area (Å²) in [4.78, 5) is 19.9. The predicted octanol–water partition coefficient (Wildman–Crippen LogP) is 2.19. The highest BCUT2D eigenvalue weighted by Gasteiger charge is 2.08. The fourth-order valence-electron chi connectivity index (χ4n) is 1.86. The van der Waals surface area contributed by atoms with Gasteiger partial charge in [-0.2, -0.15) is 0 Å². The van der Waals surface area contributed by atoms with Gasteiger partial charge in [0.15, 0.2) is 0 Å². The first-order valence-corrected chi connectivity index (χ1v) is 6.89. The molecule has 0 saturated heterocycles. The van der Waals surface area contributed by atoms with Crippen molar-refractivity contribution in [1.29, 1.82) is 0 Å². The van der Waals surface area contributed by atoms with Crippen LogP contribution in [-0.2, 0) is 6.42 Å². The van der Waals surface area contributed by atoms with E-state index >= 15 is 0 Å². The smallest absolute Gasteiger partial charge is 0.270 e. The fourth-order valence-corrected chi connectivity index (χ4v) is 1.86. The molecular formula is C16H17FN4O. The number of anilines is 1. The monoisotopic (exact) mass is 300 g/mol. The highest BCUT2D eigenvalue weighted by Crippen LogP contribution is 2.07. The topological polar surface area (TPSA) is 66.9 Å². The molecule has 0 spiro atoms. The van der Waals surface area contributed by atoms with Crippen LogP contribution in [0.15, 0.2) is 49.3 Å². The van der Waals surface area contributed by atoms with Crippen molar-refractivity contribution in [2.24, 2.45) is 0 Å². The normalized spacial score (nSPS) is 10.0. The number of rotatable bonds is 7. The van der Waals surface area contributed by atoms with E-state index in [1.807, 2.05) is 0 Å². The third-order valence-corrected chi connectivity index (χ3v) is 2.96. The Morgan fingerprint density at radius 2 is 2.14 bits per heavy atom. The minimum absolute atomic E-state index is 0.259. The first-order chi connectivity index (χ1) is 10.7. The third-order valence-electron chi connectivity index (χ3n) is 2.96. The van der Waals surface area contributed by atoms with Crippen molar-refractivity contribution >= 4 is 11.7 Å². The average molecular weight is 300 g/mol. The number of carbonyl (C=O) groups excluding carboxylic acids is 1. The summed E-state index contributed by atoms with van der Waals surface area (Å²) in [5.41, 5.74) is 0.828. The van der Waals surface area contributed by atoms with Crippen LogP contribution >= 0.6 is 0 Å². The highest BCUT2D eigenvalue weighted by atomic mass is 19.1. The number of amides is 1. The number of aromatic nitrogens is 2. The largest absolute Gasteiger partial charge is 0.366 e. The second-order valence-corrected chi connectivity index (χ2v) is 4.56. The lowest BCUT2D eigenvalue weighted by atomic mass is 10.1. The summed E-state index contributed by atoms with van der Waals surface area (Å²) in [7, 11) is 0. The second kappa shape index (κ2) is 7.87. The fraction of sp³-hybridized carbons (Fsp3) is 0.188. The molecule has 2 rings (SSSR count). The average Bonchev–Trinajstić information content (AvgIpc) is 2.55. The molecule has 22 heavy (non-hydrogen) atoms. The van der Waals surface area contributed by atoms with Gasteiger partial charge in [0.1, 0.15) is 23.7 Å².